The Balaban J connectivity index is 2.06. The van der Waals surface area contributed by atoms with Crippen molar-refractivity contribution in [2.24, 2.45) is 0 Å². The first kappa shape index (κ1) is 27.6. The van der Waals surface area contributed by atoms with Crippen molar-refractivity contribution in [2.75, 3.05) is 25.7 Å². The number of ether oxygens (including phenoxy) is 2. The molecule has 190 valence electrons. The maximum absolute atomic E-state index is 14.1. The summed E-state index contributed by atoms with van der Waals surface area (Å²) in [5.41, 5.74) is -0.363. The van der Waals surface area contributed by atoms with Gasteiger partial charge in [-0.3, -0.25) is 9.59 Å². The summed E-state index contributed by atoms with van der Waals surface area (Å²) in [6.45, 7) is 0.666. The van der Waals surface area contributed by atoms with E-state index in [2.05, 4.69) is 5.32 Å². The number of carbonyl (C=O) groups excluding carboxylic acids is 3. The van der Waals surface area contributed by atoms with E-state index in [9.17, 15) is 36.0 Å². The second-order valence-corrected chi connectivity index (χ2v) is 10.3. The molecule has 0 radical (unpaired) electrons. The Morgan fingerprint density at radius 2 is 1.94 bits per heavy atom. The normalized spacial score (nSPS) is 18.0. The number of amides is 2. The van der Waals surface area contributed by atoms with Crippen LogP contribution in [0, 0.1) is 17.5 Å². The number of hydrogen-bond acceptors (Lipinski definition) is 7. The summed E-state index contributed by atoms with van der Waals surface area (Å²) < 4.78 is 73.5. The molecule has 9 nitrogen and oxygen atoms in total. The highest BCUT2D eigenvalue weighted by atomic mass is 32.2. The number of esters is 1. The molecule has 1 aliphatic heterocycles. The fourth-order valence-corrected chi connectivity index (χ4v) is 3.85. The average molecular weight is 509 g/mol. The second kappa shape index (κ2) is 11.6. The highest BCUT2D eigenvalue weighted by Crippen LogP contribution is 2.26. The number of methoxy groups -OCH3 is 1. The predicted molar refractivity (Wildman–Crippen MR) is 114 cm³/mol. The van der Waals surface area contributed by atoms with Gasteiger partial charge >= 0.3 is 5.97 Å². The molecule has 1 aliphatic rings. The number of likely N-dealkylation sites (tertiary alicyclic amines) is 1. The SMILES string of the molecule is CO[C@H](C)[C@H](NC(=O)C[C@@H]1CCC(=O)N1Cc1cc(F)cc(F)c1F)C(=O)OCCS(C)(=O)=O. The maximum Gasteiger partial charge on any atom is 0.331 e. The summed E-state index contributed by atoms with van der Waals surface area (Å²) in [6, 6.07) is -0.776. The molecule has 0 spiro atoms. The molecule has 1 aromatic carbocycles. The van der Waals surface area contributed by atoms with E-state index in [0.29, 0.717) is 6.07 Å². The Hall–Kier alpha value is -2.67. The van der Waals surface area contributed by atoms with Crippen molar-refractivity contribution >= 4 is 27.6 Å². The van der Waals surface area contributed by atoms with Gasteiger partial charge < -0.3 is 19.7 Å². The molecule has 2 rings (SSSR count). The first-order valence-corrected chi connectivity index (χ1v) is 12.5. The molecule has 0 bridgehead atoms. The maximum atomic E-state index is 14.1. The fraction of sp³-hybridized carbons (Fsp3) is 0.571. The lowest BCUT2D eigenvalue weighted by Gasteiger charge is -2.27. The van der Waals surface area contributed by atoms with Crippen LogP contribution in [-0.2, 0) is 40.2 Å². The van der Waals surface area contributed by atoms with Crippen LogP contribution in [0.1, 0.15) is 31.7 Å². The van der Waals surface area contributed by atoms with Gasteiger partial charge in [-0.15, -0.1) is 0 Å². The molecular weight excluding hydrogens is 481 g/mol. The lowest BCUT2D eigenvalue weighted by atomic mass is 10.1. The largest absolute Gasteiger partial charge is 0.463 e. The summed E-state index contributed by atoms with van der Waals surface area (Å²) >= 11 is 0. The van der Waals surface area contributed by atoms with Gasteiger partial charge in [0, 0.05) is 50.4 Å². The molecule has 1 aromatic rings. The van der Waals surface area contributed by atoms with E-state index >= 15 is 0 Å². The lowest BCUT2D eigenvalue weighted by molar-refractivity contribution is -0.151. The van der Waals surface area contributed by atoms with Crippen LogP contribution in [-0.4, -0.2) is 75.0 Å². The van der Waals surface area contributed by atoms with Crippen LogP contribution in [0.3, 0.4) is 0 Å². The number of halogens is 3. The molecule has 1 fully saturated rings. The number of rotatable bonds is 11. The zero-order valence-electron chi connectivity index (χ0n) is 19.0. The minimum absolute atomic E-state index is 0.0583. The summed E-state index contributed by atoms with van der Waals surface area (Å²) in [5, 5.41) is 2.45. The zero-order chi connectivity index (χ0) is 25.6. The molecule has 34 heavy (non-hydrogen) atoms. The van der Waals surface area contributed by atoms with Crippen LogP contribution >= 0.6 is 0 Å². The van der Waals surface area contributed by atoms with E-state index in [1.807, 2.05) is 0 Å². The molecule has 2 amide bonds. The Labute approximate surface area is 195 Å². The van der Waals surface area contributed by atoms with E-state index < -0.39 is 82.2 Å². The monoisotopic (exact) mass is 508 g/mol. The van der Waals surface area contributed by atoms with E-state index in [0.717, 1.165) is 17.2 Å². The third kappa shape index (κ3) is 7.69. The highest BCUT2D eigenvalue weighted by molar-refractivity contribution is 7.90. The molecule has 3 atom stereocenters. The van der Waals surface area contributed by atoms with E-state index in [1.54, 1.807) is 0 Å². The number of hydrogen-bond donors (Lipinski definition) is 1. The van der Waals surface area contributed by atoms with Gasteiger partial charge in [0.15, 0.2) is 27.5 Å². The van der Waals surface area contributed by atoms with Crippen molar-refractivity contribution in [1.82, 2.24) is 10.2 Å². The Morgan fingerprint density at radius 3 is 2.56 bits per heavy atom. The van der Waals surface area contributed by atoms with Crippen molar-refractivity contribution in [3.63, 3.8) is 0 Å². The molecule has 1 heterocycles. The molecule has 13 heteroatoms. The molecular formula is C21H27F3N2O7S. The van der Waals surface area contributed by atoms with Gasteiger partial charge in [0.1, 0.15) is 12.4 Å². The number of benzene rings is 1. The lowest BCUT2D eigenvalue weighted by Crippen LogP contribution is -2.50. The van der Waals surface area contributed by atoms with E-state index in [1.165, 1.54) is 14.0 Å². The van der Waals surface area contributed by atoms with Crippen LogP contribution in [0.25, 0.3) is 0 Å². The molecule has 0 aliphatic carbocycles. The first-order chi connectivity index (χ1) is 15.8. The minimum Gasteiger partial charge on any atom is -0.463 e. The van der Waals surface area contributed by atoms with Gasteiger partial charge in [0.05, 0.1) is 11.9 Å². The van der Waals surface area contributed by atoms with Gasteiger partial charge in [-0.1, -0.05) is 0 Å². The van der Waals surface area contributed by atoms with Crippen molar-refractivity contribution in [3.8, 4) is 0 Å². The van der Waals surface area contributed by atoms with Crippen LogP contribution in [0.15, 0.2) is 12.1 Å². The van der Waals surface area contributed by atoms with Crippen LogP contribution < -0.4 is 5.32 Å². The van der Waals surface area contributed by atoms with Crippen molar-refractivity contribution in [1.29, 1.82) is 0 Å². The number of sulfone groups is 1. The van der Waals surface area contributed by atoms with E-state index in [4.69, 9.17) is 9.47 Å². The molecule has 0 saturated carbocycles. The van der Waals surface area contributed by atoms with Gasteiger partial charge in [-0.25, -0.2) is 26.4 Å². The Bertz CT molecular complexity index is 1040. The molecule has 1 N–H and O–H groups in total. The smallest absolute Gasteiger partial charge is 0.331 e. The first-order valence-electron chi connectivity index (χ1n) is 10.4. The number of nitrogens with zero attached hydrogens (tertiary/aromatic N) is 1. The quantitative estimate of drug-likeness (QED) is 0.351. The topological polar surface area (TPSA) is 119 Å². The van der Waals surface area contributed by atoms with Gasteiger partial charge in [0.25, 0.3) is 0 Å². The molecule has 0 aromatic heterocycles. The summed E-state index contributed by atoms with van der Waals surface area (Å²) in [6.07, 6.45) is 0.198. The summed E-state index contributed by atoms with van der Waals surface area (Å²) in [4.78, 5) is 38.5. The average Bonchev–Trinajstić information content (AvgIpc) is 3.07. The van der Waals surface area contributed by atoms with Gasteiger partial charge in [-0.05, 0) is 19.4 Å². The number of nitrogens with one attached hydrogen (secondary N) is 1. The number of carbonyl (C=O) groups is 3. The Morgan fingerprint density at radius 1 is 1.26 bits per heavy atom. The molecule has 0 unspecified atom stereocenters. The van der Waals surface area contributed by atoms with Crippen LogP contribution in [0.2, 0.25) is 0 Å². The van der Waals surface area contributed by atoms with Crippen molar-refractivity contribution in [3.05, 3.63) is 35.1 Å². The van der Waals surface area contributed by atoms with Gasteiger partial charge in [0.2, 0.25) is 11.8 Å². The third-order valence-electron chi connectivity index (χ3n) is 5.39. The van der Waals surface area contributed by atoms with Crippen molar-refractivity contribution in [2.45, 2.75) is 50.9 Å². The second-order valence-electron chi connectivity index (χ2n) is 8.06. The van der Waals surface area contributed by atoms with Crippen LogP contribution in [0.4, 0.5) is 13.2 Å². The molecule has 1 saturated heterocycles. The highest BCUT2D eigenvalue weighted by Gasteiger charge is 2.35. The van der Waals surface area contributed by atoms with Gasteiger partial charge in [-0.2, -0.15) is 0 Å². The third-order valence-corrected chi connectivity index (χ3v) is 6.30. The van der Waals surface area contributed by atoms with E-state index in [-0.39, 0.29) is 24.8 Å². The fourth-order valence-electron chi connectivity index (χ4n) is 3.46. The Kier molecular flexibility index (Phi) is 9.45. The van der Waals surface area contributed by atoms with Crippen molar-refractivity contribution < 1.29 is 45.4 Å². The zero-order valence-corrected chi connectivity index (χ0v) is 19.8. The van der Waals surface area contributed by atoms with Crippen LogP contribution in [0.5, 0.6) is 0 Å². The minimum atomic E-state index is -3.36. The predicted octanol–water partition coefficient (Wildman–Crippen LogP) is 1.09. The standard InChI is InChI=1S/C21H27F3N2O7S/c1-12(32-2)20(21(29)33-6-7-34(3,30)31)25-17(27)10-15-4-5-18(28)26(15)11-13-8-14(22)9-16(23)19(13)24/h8-9,12,15,20H,4-7,10-11H2,1-3H3,(H,25,27)/t12-,15+,20+/m1/s1. The summed E-state index contributed by atoms with van der Waals surface area (Å²) in [7, 11) is -2.06. The summed E-state index contributed by atoms with van der Waals surface area (Å²) in [5.74, 6) is -6.02.